The van der Waals surface area contributed by atoms with Gasteiger partial charge in [-0.05, 0) is 5.24 Å². The molecule has 0 fully saturated rings. The molecule has 0 bridgehead atoms. The molecule has 3 nitrogen and oxygen atoms in total. The maximum atomic E-state index is 5.33. The smallest absolute Gasteiger partial charge is 0.0801 e. The Bertz CT molecular complexity index is 226. The second-order valence-corrected chi connectivity index (χ2v) is 2.11. The molecule has 0 aromatic carbocycles. The molecule has 10 heavy (non-hydrogen) atoms. The van der Waals surface area contributed by atoms with Gasteiger partial charge in [0.05, 0.1) is 35.4 Å². The molecule has 6 heteroatoms. The van der Waals surface area contributed by atoms with E-state index >= 15 is 0 Å². The third-order valence-corrected chi connectivity index (χ3v) is 0.999. The van der Waals surface area contributed by atoms with Crippen LogP contribution in [0.5, 0.6) is 0 Å². The zero-order chi connectivity index (χ0) is 7.78. The first-order valence-electron chi connectivity index (χ1n) is 2.67. The van der Waals surface area contributed by atoms with Crippen molar-refractivity contribution in [1.82, 2.24) is 9.78 Å². The second kappa shape index (κ2) is 2.11. The minimum Gasteiger partial charge on any atom is -0.396 e. The summed E-state index contributed by atoms with van der Waals surface area (Å²) in [6.07, 6.45) is 2.88. The van der Waals surface area contributed by atoms with Gasteiger partial charge < -0.3 is 5.73 Å². The highest BCUT2D eigenvalue weighted by Crippen LogP contribution is 2.04. The van der Waals surface area contributed by atoms with Gasteiger partial charge in [-0.1, -0.05) is 0 Å². The zero-order valence-corrected chi connectivity index (χ0v) is 5.36. The lowest BCUT2D eigenvalue weighted by Gasteiger charge is -2.20. The lowest BCUT2D eigenvalue weighted by molar-refractivity contribution is 0.671. The van der Waals surface area contributed by atoms with Crippen molar-refractivity contribution in [2.24, 2.45) is 0 Å². The van der Waals surface area contributed by atoms with Crippen molar-refractivity contribution in [3.8, 4) is 0 Å². The van der Waals surface area contributed by atoms with Crippen LogP contribution in [0.25, 0.3) is 0 Å². The molecule has 0 aliphatic rings. The Kier molecular flexibility index (Phi) is 1.54. The molecule has 0 aliphatic carbocycles. The van der Waals surface area contributed by atoms with Crippen molar-refractivity contribution in [3.05, 3.63) is 12.4 Å². The van der Waals surface area contributed by atoms with E-state index in [9.17, 15) is 0 Å². The minimum absolute atomic E-state index is 0.478. The fourth-order valence-corrected chi connectivity index (χ4v) is 0.549. The number of anilines is 1. The lowest BCUT2D eigenvalue weighted by Crippen LogP contribution is -2.35. The molecule has 2 N–H and O–H groups in total. The standard InChI is InChI=1S/C4H4B3N3/c5-4(6,7)10-2-3(8)1-9-10/h1-2H,8H2. The van der Waals surface area contributed by atoms with E-state index in [-0.39, 0.29) is 0 Å². The van der Waals surface area contributed by atoms with Crippen molar-refractivity contribution >= 4 is 29.2 Å². The van der Waals surface area contributed by atoms with Crippen LogP contribution in [-0.4, -0.2) is 33.3 Å². The number of nitrogen functional groups attached to an aromatic ring is 1. The molecule has 0 amide bonds. The van der Waals surface area contributed by atoms with E-state index in [1.54, 1.807) is 0 Å². The number of hydrogen-bond donors (Lipinski definition) is 1. The van der Waals surface area contributed by atoms with Crippen LogP contribution in [0, 0.1) is 0 Å². The summed E-state index contributed by atoms with van der Waals surface area (Å²) < 4.78 is 1.18. The van der Waals surface area contributed by atoms with Crippen LogP contribution in [-0.2, 0) is 5.24 Å². The topological polar surface area (TPSA) is 43.8 Å². The van der Waals surface area contributed by atoms with Gasteiger partial charge in [0.25, 0.3) is 0 Å². The van der Waals surface area contributed by atoms with Gasteiger partial charge in [0.2, 0.25) is 0 Å². The highest BCUT2D eigenvalue weighted by Gasteiger charge is 2.11. The quantitative estimate of drug-likeness (QED) is 0.468. The molecule has 0 saturated heterocycles. The maximum Gasteiger partial charge on any atom is 0.0801 e. The lowest BCUT2D eigenvalue weighted by atomic mass is 9.49. The average molecular weight is 127 g/mol. The second-order valence-electron chi connectivity index (χ2n) is 2.11. The first-order valence-corrected chi connectivity index (χ1v) is 2.67. The Balaban J connectivity index is 2.96. The van der Waals surface area contributed by atoms with E-state index in [1.807, 2.05) is 0 Å². The van der Waals surface area contributed by atoms with Crippen LogP contribution in [0.2, 0.25) is 0 Å². The summed E-state index contributed by atoms with van der Waals surface area (Å²) in [5.74, 6) is 0. The third kappa shape index (κ3) is 1.37. The molecule has 1 heterocycles. The van der Waals surface area contributed by atoms with Crippen molar-refractivity contribution in [2.45, 2.75) is 5.24 Å². The molecule has 0 spiro atoms. The summed E-state index contributed by atoms with van der Waals surface area (Å²) in [4.78, 5) is 0. The fraction of sp³-hybridized carbons (Fsp3) is 0.250. The van der Waals surface area contributed by atoms with Gasteiger partial charge in [-0.3, -0.25) is 4.68 Å². The van der Waals surface area contributed by atoms with E-state index in [1.165, 1.54) is 17.1 Å². The van der Waals surface area contributed by atoms with Crippen molar-refractivity contribution < 1.29 is 0 Å². The van der Waals surface area contributed by atoms with Gasteiger partial charge in [-0.25, -0.2) is 0 Å². The Morgan fingerprint density at radius 1 is 1.50 bits per heavy atom. The van der Waals surface area contributed by atoms with E-state index in [2.05, 4.69) is 5.10 Å². The Hall–Kier alpha value is -0.795. The summed E-state index contributed by atoms with van der Waals surface area (Å²) in [5.41, 5.74) is 5.80. The zero-order valence-electron chi connectivity index (χ0n) is 5.36. The molecule has 0 unspecified atom stereocenters. The van der Waals surface area contributed by atoms with Crippen LogP contribution in [0.3, 0.4) is 0 Å². The molecule has 44 valence electrons. The van der Waals surface area contributed by atoms with E-state index in [0.717, 1.165) is 0 Å². The van der Waals surface area contributed by atoms with Gasteiger partial charge in [-0.15, -0.1) is 0 Å². The van der Waals surface area contributed by atoms with Crippen molar-refractivity contribution in [3.63, 3.8) is 0 Å². The molecular weight excluding hydrogens is 123 g/mol. The highest BCUT2D eigenvalue weighted by atomic mass is 15.3. The summed E-state index contributed by atoms with van der Waals surface area (Å²) in [7, 11) is 15.8. The van der Waals surface area contributed by atoms with Crippen LogP contribution in [0.15, 0.2) is 12.4 Å². The van der Waals surface area contributed by atoms with Crippen molar-refractivity contribution in [1.29, 1.82) is 0 Å². The maximum absolute atomic E-state index is 5.33. The normalized spacial score (nSPS) is 11.6. The van der Waals surface area contributed by atoms with E-state index in [0.29, 0.717) is 5.69 Å². The first kappa shape index (κ1) is 7.31. The van der Waals surface area contributed by atoms with Crippen LogP contribution >= 0.6 is 0 Å². The summed E-state index contributed by atoms with van der Waals surface area (Å²) in [5, 5.41) is 2.24. The largest absolute Gasteiger partial charge is 0.396 e. The SMILES string of the molecule is [B]C([B])([B])n1cc(N)cn1. The summed E-state index contributed by atoms with van der Waals surface area (Å²) >= 11 is 0. The molecule has 0 saturated carbocycles. The van der Waals surface area contributed by atoms with Crippen LogP contribution in [0.4, 0.5) is 5.69 Å². The average Bonchev–Trinajstić information content (AvgIpc) is 2.11. The van der Waals surface area contributed by atoms with E-state index < -0.39 is 5.24 Å². The number of aromatic nitrogens is 2. The van der Waals surface area contributed by atoms with Gasteiger partial charge in [-0.2, -0.15) is 5.10 Å². The summed E-state index contributed by atoms with van der Waals surface area (Å²) in [6, 6.07) is 0. The van der Waals surface area contributed by atoms with Gasteiger partial charge >= 0.3 is 0 Å². The number of nitrogens with zero attached hydrogens (tertiary/aromatic N) is 2. The predicted molar refractivity (Wildman–Crippen MR) is 41.9 cm³/mol. The van der Waals surface area contributed by atoms with E-state index in [4.69, 9.17) is 29.3 Å². The molecule has 1 rings (SSSR count). The molecule has 1 aromatic rings. The Labute approximate surface area is 63.2 Å². The Morgan fingerprint density at radius 3 is 2.30 bits per heavy atom. The monoisotopic (exact) mass is 127 g/mol. The Morgan fingerprint density at radius 2 is 2.10 bits per heavy atom. The first-order chi connectivity index (χ1) is 4.50. The van der Waals surface area contributed by atoms with Crippen LogP contribution < -0.4 is 5.73 Å². The van der Waals surface area contributed by atoms with Crippen LogP contribution in [0.1, 0.15) is 0 Å². The fourth-order valence-electron chi connectivity index (χ4n) is 0.549. The summed E-state index contributed by atoms with van der Waals surface area (Å²) in [6.45, 7) is 0. The molecular formula is C4H4B3N3. The van der Waals surface area contributed by atoms with Gasteiger partial charge in [0.1, 0.15) is 0 Å². The third-order valence-electron chi connectivity index (χ3n) is 0.999. The predicted octanol–water partition coefficient (Wildman–Crippen LogP) is -1.46. The molecule has 6 radical (unpaired) electrons. The number of nitrogens with two attached hydrogens (primary N) is 1. The number of rotatable bonds is 1. The molecule has 0 atom stereocenters. The molecule has 0 aliphatic heterocycles. The van der Waals surface area contributed by atoms with Crippen molar-refractivity contribution in [2.75, 3.05) is 5.73 Å². The van der Waals surface area contributed by atoms with Gasteiger partial charge in [0, 0.05) is 6.20 Å². The van der Waals surface area contributed by atoms with Gasteiger partial charge in [0.15, 0.2) is 0 Å². The molecule has 1 aromatic heterocycles. The highest BCUT2D eigenvalue weighted by molar-refractivity contribution is 6.56. The number of hydrogen-bond acceptors (Lipinski definition) is 2. The minimum atomic E-state index is -1.46.